The van der Waals surface area contributed by atoms with Crippen molar-refractivity contribution < 1.29 is 43.7 Å². The van der Waals surface area contributed by atoms with Gasteiger partial charge in [-0.15, -0.1) is 0 Å². The Morgan fingerprint density at radius 2 is 1.72 bits per heavy atom. The molecule has 4 N–H and O–H groups in total. The molecule has 1 heterocycles. The van der Waals surface area contributed by atoms with Crippen molar-refractivity contribution in [3.8, 4) is 0 Å². The van der Waals surface area contributed by atoms with Crippen LogP contribution in [0, 0.1) is 11.8 Å². The summed E-state index contributed by atoms with van der Waals surface area (Å²) in [6, 6.07) is -0.910. The number of ether oxygens (including phenoxy) is 2. The minimum atomic E-state index is -0.995. The Balaban J connectivity index is 1.78. The normalized spacial score (nSPS) is 32.1. The van der Waals surface area contributed by atoms with Crippen LogP contribution in [0.3, 0.4) is 0 Å². The monoisotopic (exact) mass is 652 g/mol. The largest absolute Gasteiger partial charge is 0.460 e. The number of aliphatic hydroxyl groups excluding tert-OH is 2. The first-order valence-electron chi connectivity index (χ1n) is 16.3. The average molecular weight is 653 g/mol. The number of amides is 2. The number of fused-ring (bicyclic) bond motifs is 2. The minimum absolute atomic E-state index is 0.0675. The molecule has 11 heteroatoms. The number of allylic oxidation sites excluding steroid dienone is 8. The zero-order chi connectivity index (χ0) is 34.5. The van der Waals surface area contributed by atoms with E-state index in [4.69, 9.17) is 9.47 Å². The van der Waals surface area contributed by atoms with Crippen molar-refractivity contribution in [2.45, 2.75) is 103 Å². The number of rotatable bonds is 5. The smallest absolute Gasteiger partial charge is 0.328 e. The molecule has 4 unspecified atom stereocenters. The third kappa shape index (κ3) is 11.7. The lowest BCUT2D eigenvalue weighted by Gasteiger charge is -2.30. The first-order valence-corrected chi connectivity index (χ1v) is 16.3. The fourth-order valence-electron chi connectivity index (χ4n) is 5.70. The lowest BCUT2D eigenvalue weighted by Crippen LogP contribution is -2.45. The van der Waals surface area contributed by atoms with E-state index in [9.17, 15) is 34.2 Å². The lowest BCUT2D eigenvalue weighted by molar-refractivity contribution is -0.156. The fourth-order valence-corrected chi connectivity index (χ4v) is 5.70. The molecule has 5 atom stereocenters. The Morgan fingerprint density at radius 1 is 1.02 bits per heavy atom. The van der Waals surface area contributed by atoms with Gasteiger partial charge in [0.25, 0.3) is 0 Å². The van der Waals surface area contributed by atoms with Gasteiger partial charge in [-0.25, -0.2) is 4.79 Å². The topological polar surface area (TPSA) is 168 Å². The summed E-state index contributed by atoms with van der Waals surface area (Å²) >= 11 is 0. The Hall–Kier alpha value is -3.93. The maximum atomic E-state index is 13.1. The van der Waals surface area contributed by atoms with Gasteiger partial charge in [-0.3, -0.25) is 19.2 Å². The molecule has 1 aliphatic heterocycles. The van der Waals surface area contributed by atoms with Crippen LogP contribution in [0.1, 0.15) is 72.1 Å². The number of esters is 1. The number of carbonyl (C=O) groups is 5. The van der Waals surface area contributed by atoms with Crippen LogP contribution in [0.5, 0.6) is 0 Å². The van der Waals surface area contributed by atoms with Gasteiger partial charge in [0.1, 0.15) is 12.1 Å². The van der Waals surface area contributed by atoms with Crippen molar-refractivity contribution in [2.75, 3.05) is 7.11 Å². The van der Waals surface area contributed by atoms with Gasteiger partial charge in [-0.2, -0.15) is 0 Å². The summed E-state index contributed by atoms with van der Waals surface area (Å²) in [5.41, 5.74) is 0.759. The zero-order valence-corrected chi connectivity index (χ0v) is 27.6. The maximum Gasteiger partial charge on any atom is 0.328 e. The highest BCUT2D eigenvalue weighted by molar-refractivity contribution is 6.21. The molecule has 0 saturated heterocycles. The van der Waals surface area contributed by atoms with Crippen molar-refractivity contribution in [3.05, 3.63) is 71.5 Å². The molecule has 0 aromatic heterocycles. The van der Waals surface area contributed by atoms with Crippen LogP contribution >= 0.6 is 0 Å². The summed E-state index contributed by atoms with van der Waals surface area (Å²) in [7, 11) is 1.46. The fraction of sp³-hybridized carbons (Fsp3) is 0.528. The van der Waals surface area contributed by atoms with Crippen LogP contribution in [0.4, 0.5) is 0 Å². The number of nitrogens with one attached hydrogen (secondary N) is 2. The maximum absolute atomic E-state index is 13.1. The van der Waals surface area contributed by atoms with E-state index < -0.39 is 59.8 Å². The zero-order valence-electron chi connectivity index (χ0n) is 27.6. The van der Waals surface area contributed by atoms with Crippen LogP contribution < -0.4 is 10.6 Å². The van der Waals surface area contributed by atoms with E-state index in [1.165, 1.54) is 13.2 Å². The van der Waals surface area contributed by atoms with Crippen LogP contribution in [0.15, 0.2) is 71.5 Å². The van der Waals surface area contributed by atoms with Gasteiger partial charge < -0.3 is 30.3 Å². The SMILES string of the molecule is COC1/C=C/C=C/C=C/CC(OC(=O)[C@H](C)NC(=O)C2CCC(O)CC2)C(C)C(O)/C(C)=C\CCC2=CC(=O)C=C(NC(=O)C1)C2=O. The number of Topliss-reactive ketones (excluding diaryl/α,β-unsaturated/α-hetero) is 1. The van der Waals surface area contributed by atoms with E-state index in [2.05, 4.69) is 10.6 Å². The van der Waals surface area contributed by atoms with E-state index in [0.29, 0.717) is 37.7 Å². The number of hydrogen-bond acceptors (Lipinski definition) is 9. The van der Waals surface area contributed by atoms with E-state index in [1.807, 2.05) is 6.08 Å². The van der Waals surface area contributed by atoms with Crippen molar-refractivity contribution in [1.82, 2.24) is 10.6 Å². The first-order chi connectivity index (χ1) is 22.4. The summed E-state index contributed by atoms with van der Waals surface area (Å²) in [4.78, 5) is 63.9. The first kappa shape index (κ1) is 37.5. The van der Waals surface area contributed by atoms with Crippen molar-refractivity contribution >= 4 is 29.4 Å². The highest BCUT2D eigenvalue weighted by Gasteiger charge is 2.32. The molecule has 2 amide bonds. The molecule has 3 rings (SSSR count). The second kappa shape index (κ2) is 18.4. The Kier molecular flexibility index (Phi) is 14.7. The van der Waals surface area contributed by atoms with Crippen LogP contribution in [-0.2, 0) is 33.4 Å². The summed E-state index contributed by atoms with van der Waals surface area (Å²) in [6.45, 7) is 5.07. The predicted molar refractivity (Wildman–Crippen MR) is 175 cm³/mol. The van der Waals surface area contributed by atoms with Crippen molar-refractivity contribution in [2.24, 2.45) is 11.8 Å². The standard InChI is InChI=1S/C36H48N2O9/c1-22-11-10-12-26-19-28(40)20-30(34(26)43)38-32(41)21-29(46-4)13-8-6-5-7-9-14-31(23(2)33(22)42)47-36(45)24(3)37-35(44)25-15-17-27(39)18-16-25/h5-9,11,13,19-20,23-25,27,29,31,33,39,42H,10,12,14-18,21H2,1-4H3,(H,37,44)(H,38,41)/b6-5+,9-7+,13-8+,22-11-/t23?,24-,25?,27?,29?,31?,33?/m0/s1. The van der Waals surface area contributed by atoms with Gasteiger partial charge in [0.05, 0.1) is 30.4 Å². The quantitative estimate of drug-likeness (QED) is 0.198. The molecule has 0 aromatic carbocycles. The molecule has 0 aromatic rings. The van der Waals surface area contributed by atoms with Gasteiger partial charge in [-0.05, 0) is 64.0 Å². The Bertz CT molecular complexity index is 1350. The van der Waals surface area contributed by atoms with Gasteiger partial charge in [0, 0.05) is 37.0 Å². The molecule has 3 aliphatic rings. The van der Waals surface area contributed by atoms with E-state index in [1.54, 1.807) is 57.2 Å². The number of ketones is 2. The highest BCUT2D eigenvalue weighted by atomic mass is 16.5. The molecule has 0 spiro atoms. The van der Waals surface area contributed by atoms with E-state index >= 15 is 0 Å². The number of carbonyl (C=O) groups excluding carboxylic acids is 5. The molecule has 0 radical (unpaired) electrons. The second-order valence-electron chi connectivity index (χ2n) is 12.4. The van der Waals surface area contributed by atoms with Crippen LogP contribution in [-0.4, -0.2) is 77.1 Å². The number of methoxy groups -OCH3 is 1. The number of hydrogen-bond donors (Lipinski definition) is 4. The molecule has 2 aliphatic carbocycles. The summed E-state index contributed by atoms with van der Waals surface area (Å²) in [5, 5.41) is 26.3. The molecule has 2 bridgehead atoms. The third-order valence-electron chi connectivity index (χ3n) is 8.74. The molecular formula is C36H48N2O9. The van der Waals surface area contributed by atoms with Crippen molar-refractivity contribution in [1.29, 1.82) is 0 Å². The number of aliphatic hydroxyl groups is 2. The molecule has 1 saturated carbocycles. The van der Waals surface area contributed by atoms with E-state index in [0.717, 1.165) is 6.08 Å². The Morgan fingerprint density at radius 3 is 2.43 bits per heavy atom. The molecular weight excluding hydrogens is 604 g/mol. The van der Waals surface area contributed by atoms with Crippen molar-refractivity contribution in [3.63, 3.8) is 0 Å². The van der Waals surface area contributed by atoms with Gasteiger partial charge >= 0.3 is 5.97 Å². The summed E-state index contributed by atoms with van der Waals surface area (Å²) in [6.07, 6.45) is 14.9. The molecule has 47 heavy (non-hydrogen) atoms. The average Bonchev–Trinajstić information content (AvgIpc) is 3.03. The minimum Gasteiger partial charge on any atom is -0.460 e. The third-order valence-corrected chi connectivity index (χ3v) is 8.74. The predicted octanol–water partition coefficient (Wildman–Crippen LogP) is 3.23. The molecule has 1 fully saturated rings. The molecule has 256 valence electrons. The van der Waals surface area contributed by atoms with Gasteiger partial charge in [-0.1, -0.05) is 49.5 Å². The lowest BCUT2D eigenvalue weighted by atomic mass is 9.87. The molecule has 11 nitrogen and oxygen atoms in total. The summed E-state index contributed by atoms with van der Waals surface area (Å²) in [5.74, 6) is -3.00. The van der Waals surface area contributed by atoms with Gasteiger partial charge in [0.15, 0.2) is 5.78 Å². The van der Waals surface area contributed by atoms with E-state index in [-0.39, 0.29) is 42.4 Å². The highest BCUT2D eigenvalue weighted by Crippen LogP contribution is 2.26. The Labute approximate surface area is 276 Å². The van der Waals surface area contributed by atoms with Crippen LogP contribution in [0.25, 0.3) is 0 Å². The van der Waals surface area contributed by atoms with Gasteiger partial charge in [0.2, 0.25) is 17.6 Å². The second-order valence-corrected chi connectivity index (χ2v) is 12.4. The van der Waals surface area contributed by atoms with Crippen LogP contribution in [0.2, 0.25) is 0 Å². The summed E-state index contributed by atoms with van der Waals surface area (Å²) < 4.78 is 11.2.